The normalized spacial score (nSPS) is 10.9. The van der Waals surface area contributed by atoms with Gasteiger partial charge in [-0.05, 0) is 18.6 Å². The number of benzene rings is 1. The Morgan fingerprint density at radius 3 is 2.40 bits per heavy atom. The van der Waals surface area contributed by atoms with Crippen LogP contribution < -0.4 is 5.73 Å². The zero-order valence-corrected chi connectivity index (χ0v) is 9.95. The number of rotatable bonds is 0. The fourth-order valence-corrected chi connectivity index (χ4v) is 1.69. The van der Waals surface area contributed by atoms with Gasteiger partial charge in [-0.3, -0.25) is 0 Å². The molecule has 0 unspecified atom stereocenters. The van der Waals surface area contributed by atoms with Gasteiger partial charge in [0.15, 0.2) is 10.3 Å². The van der Waals surface area contributed by atoms with Gasteiger partial charge in [-0.1, -0.05) is 34.8 Å². The van der Waals surface area contributed by atoms with Crippen molar-refractivity contribution in [3.63, 3.8) is 0 Å². The van der Waals surface area contributed by atoms with Crippen LogP contribution in [0.4, 0.5) is 5.69 Å². The van der Waals surface area contributed by atoms with Crippen molar-refractivity contribution in [2.24, 2.45) is 0 Å². The molecule has 6 heteroatoms. The number of nitrogens with two attached hydrogens (primary N) is 1. The van der Waals surface area contributed by atoms with Gasteiger partial charge in [0.1, 0.15) is 5.52 Å². The van der Waals surface area contributed by atoms with Crippen LogP contribution in [-0.2, 0) is 0 Å². The maximum absolute atomic E-state index is 5.98. The summed E-state index contributed by atoms with van der Waals surface area (Å²) in [6, 6.07) is 1.77. The van der Waals surface area contributed by atoms with Crippen LogP contribution in [0.5, 0.6) is 0 Å². The maximum Gasteiger partial charge on any atom is 0.167 e. The van der Waals surface area contributed by atoms with Crippen molar-refractivity contribution >= 4 is 51.5 Å². The monoisotopic (exact) mass is 261 g/mol. The molecule has 0 saturated carbocycles. The SMILES string of the molecule is Cc1cc2nc(Cl)c(Cl)nc2c(N)c1Cl. The van der Waals surface area contributed by atoms with E-state index in [9.17, 15) is 0 Å². The highest BCUT2D eigenvalue weighted by Gasteiger charge is 2.11. The van der Waals surface area contributed by atoms with E-state index in [1.54, 1.807) is 6.07 Å². The van der Waals surface area contributed by atoms with Crippen LogP contribution in [0.25, 0.3) is 11.0 Å². The quantitative estimate of drug-likeness (QED) is 0.740. The van der Waals surface area contributed by atoms with Gasteiger partial charge >= 0.3 is 0 Å². The molecule has 0 atom stereocenters. The molecular formula is C9H6Cl3N3. The first-order valence-electron chi connectivity index (χ1n) is 4.08. The van der Waals surface area contributed by atoms with Crippen LogP contribution in [0.3, 0.4) is 0 Å². The predicted molar refractivity (Wildman–Crippen MR) is 63.7 cm³/mol. The van der Waals surface area contributed by atoms with Crippen LogP contribution in [0.2, 0.25) is 15.3 Å². The number of nitrogens with zero attached hydrogens (tertiary/aromatic N) is 2. The van der Waals surface area contributed by atoms with Crippen molar-refractivity contribution in [1.82, 2.24) is 9.97 Å². The smallest absolute Gasteiger partial charge is 0.167 e. The number of aryl methyl sites for hydroxylation is 1. The summed E-state index contributed by atoms with van der Waals surface area (Å²) in [4.78, 5) is 8.11. The number of hydrogen-bond donors (Lipinski definition) is 1. The molecule has 0 radical (unpaired) electrons. The molecule has 1 aromatic heterocycles. The number of aromatic nitrogens is 2. The number of anilines is 1. The van der Waals surface area contributed by atoms with Gasteiger partial charge in [0.05, 0.1) is 16.2 Å². The van der Waals surface area contributed by atoms with Crippen molar-refractivity contribution in [3.05, 3.63) is 27.0 Å². The topological polar surface area (TPSA) is 51.8 Å². The van der Waals surface area contributed by atoms with Crippen molar-refractivity contribution in [2.75, 3.05) is 5.73 Å². The largest absolute Gasteiger partial charge is 0.396 e. The van der Waals surface area contributed by atoms with Crippen LogP contribution >= 0.6 is 34.8 Å². The lowest BCUT2D eigenvalue weighted by molar-refractivity contribution is 1.28. The Labute approximate surface area is 101 Å². The molecule has 2 rings (SSSR count). The Kier molecular flexibility index (Phi) is 2.63. The number of fused-ring (bicyclic) bond motifs is 1. The molecule has 0 saturated heterocycles. The van der Waals surface area contributed by atoms with E-state index in [-0.39, 0.29) is 10.3 Å². The third-order valence-electron chi connectivity index (χ3n) is 2.03. The van der Waals surface area contributed by atoms with Gasteiger partial charge in [-0.25, -0.2) is 9.97 Å². The Balaban J connectivity index is 2.93. The molecule has 0 aliphatic carbocycles. The molecule has 15 heavy (non-hydrogen) atoms. The first-order valence-corrected chi connectivity index (χ1v) is 5.21. The van der Waals surface area contributed by atoms with E-state index >= 15 is 0 Å². The van der Waals surface area contributed by atoms with Crippen molar-refractivity contribution < 1.29 is 0 Å². The molecule has 3 nitrogen and oxygen atoms in total. The Bertz CT molecular complexity index is 549. The Morgan fingerprint density at radius 1 is 1.13 bits per heavy atom. The van der Waals surface area contributed by atoms with Crippen LogP contribution in [-0.4, -0.2) is 9.97 Å². The standard InChI is InChI=1S/C9H6Cl3N3/c1-3-2-4-7(6(13)5(3)10)15-9(12)8(11)14-4/h2H,13H2,1H3. The van der Waals surface area contributed by atoms with Crippen LogP contribution in [0, 0.1) is 6.92 Å². The predicted octanol–water partition coefficient (Wildman–Crippen LogP) is 3.48. The lowest BCUT2D eigenvalue weighted by Gasteiger charge is -2.06. The number of hydrogen-bond acceptors (Lipinski definition) is 3. The summed E-state index contributed by atoms with van der Waals surface area (Å²) in [5, 5.41) is 0.747. The van der Waals surface area contributed by atoms with Crippen molar-refractivity contribution in [1.29, 1.82) is 0 Å². The lowest BCUT2D eigenvalue weighted by Crippen LogP contribution is -1.96. The first kappa shape index (κ1) is 10.7. The second-order valence-electron chi connectivity index (χ2n) is 3.09. The third-order valence-corrected chi connectivity index (χ3v) is 3.16. The molecule has 0 bridgehead atoms. The van der Waals surface area contributed by atoms with Gasteiger partial charge in [0.2, 0.25) is 0 Å². The molecule has 78 valence electrons. The van der Waals surface area contributed by atoms with Crippen molar-refractivity contribution in [2.45, 2.75) is 6.92 Å². The van der Waals surface area contributed by atoms with Gasteiger partial charge in [-0.15, -0.1) is 0 Å². The summed E-state index contributed by atoms with van der Waals surface area (Å²) in [7, 11) is 0. The summed E-state index contributed by atoms with van der Waals surface area (Å²) >= 11 is 17.5. The molecule has 1 heterocycles. The highest BCUT2D eigenvalue weighted by atomic mass is 35.5. The van der Waals surface area contributed by atoms with Crippen molar-refractivity contribution in [3.8, 4) is 0 Å². The van der Waals surface area contributed by atoms with Gasteiger partial charge in [0, 0.05) is 0 Å². The van der Waals surface area contributed by atoms with E-state index in [2.05, 4.69) is 9.97 Å². The highest BCUT2D eigenvalue weighted by Crippen LogP contribution is 2.32. The van der Waals surface area contributed by atoms with E-state index in [0.29, 0.717) is 21.7 Å². The zero-order valence-electron chi connectivity index (χ0n) is 7.68. The van der Waals surface area contributed by atoms with Gasteiger partial charge in [0.25, 0.3) is 0 Å². The molecule has 0 amide bonds. The minimum Gasteiger partial charge on any atom is -0.396 e. The second kappa shape index (κ2) is 3.67. The molecule has 2 N–H and O–H groups in total. The summed E-state index contributed by atoms with van der Waals surface area (Å²) in [5.74, 6) is 0. The average molecular weight is 263 g/mol. The third kappa shape index (κ3) is 1.71. The van der Waals surface area contributed by atoms with E-state index in [1.165, 1.54) is 0 Å². The molecule has 0 spiro atoms. The average Bonchev–Trinajstić information content (AvgIpc) is 2.19. The summed E-state index contributed by atoms with van der Waals surface area (Å²) in [6.45, 7) is 1.84. The van der Waals surface area contributed by atoms with E-state index < -0.39 is 0 Å². The van der Waals surface area contributed by atoms with Crippen LogP contribution in [0.1, 0.15) is 5.56 Å². The molecule has 0 aliphatic rings. The molecule has 0 aliphatic heterocycles. The van der Waals surface area contributed by atoms with E-state index in [1.807, 2.05) is 6.92 Å². The fourth-order valence-electron chi connectivity index (χ4n) is 1.29. The summed E-state index contributed by atoms with van der Waals surface area (Å²) in [6.07, 6.45) is 0. The molecule has 0 fully saturated rings. The molecule has 2 aromatic rings. The first-order chi connectivity index (χ1) is 7.00. The second-order valence-corrected chi connectivity index (χ2v) is 4.19. The number of halogens is 3. The molecule has 1 aromatic carbocycles. The lowest BCUT2D eigenvalue weighted by atomic mass is 10.2. The van der Waals surface area contributed by atoms with E-state index in [0.717, 1.165) is 5.56 Å². The van der Waals surface area contributed by atoms with Gasteiger partial charge < -0.3 is 5.73 Å². The Morgan fingerprint density at radius 2 is 1.73 bits per heavy atom. The highest BCUT2D eigenvalue weighted by molar-refractivity contribution is 6.41. The number of nitrogen functional groups attached to an aromatic ring is 1. The zero-order chi connectivity index (χ0) is 11.2. The van der Waals surface area contributed by atoms with Gasteiger partial charge in [-0.2, -0.15) is 0 Å². The minimum atomic E-state index is 0.121. The van der Waals surface area contributed by atoms with Crippen LogP contribution in [0.15, 0.2) is 6.07 Å². The van der Waals surface area contributed by atoms with E-state index in [4.69, 9.17) is 40.5 Å². The summed E-state index contributed by atoms with van der Waals surface area (Å²) in [5.41, 5.74) is 8.06. The Hall–Kier alpha value is -0.770. The maximum atomic E-state index is 5.98. The fraction of sp³-hybridized carbons (Fsp3) is 0.111. The molecular weight excluding hydrogens is 256 g/mol. The minimum absolute atomic E-state index is 0.121. The summed E-state index contributed by atoms with van der Waals surface area (Å²) < 4.78 is 0.